The van der Waals surface area contributed by atoms with Crippen molar-refractivity contribution in [1.82, 2.24) is 0 Å². The molecule has 0 fully saturated rings. The van der Waals surface area contributed by atoms with Crippen LogP contribution >= 0.6 is 23.2 Å². The first kappa shape index (κ1) is 29.0. The molecule has 0 aliphatic carbocycles. The van der Waals surface area contributed by atoms with Crippen molar-refractivity contribution in [2.45, 2.75) is 57.8 Å². The average Bonchev–Trinajstić information content (AvgIpc) is 2.89. The van der Waals surface area contributed by atoms with E-state index < -0.39 is 7.26 Å². The van der Waals surface area contributed by atoms with E-state index in [9.17, 15) is 0 Å². The lowest BCUT2D eigenvalue weighted by molar-refractivity contribution is -0.00000650. The molecule has 0 radical (unpaired) electrons. The Morgan fingerprint density at radius 2 is 0.882 bits per heavy atom. The van der Waals surface area contributed by atoms with E-state index >= 15 is 0 Å². The van der Waals surface area contributed by atoms with Gasteiger partial charge in [-0.3, -0.25) is 0 Å². The predicted molar refractivity (Wildman–Crippen MR) is 155 cm³/mol. The summed E-state index contributed by atoms with van der Waals surface area (Å²) in [7, 11) is -1.72. The number of hydrogen-bond donors (Lipinski definition) is 0. The molecule has 0 aliphatic heterocycles. The Bertz CT molecular complexity index is 813. The Hall–Kier alpha value is -1.21. The normalized spacial score (nSPS) is 11.4. The number of halogens is 2. The van der Waals surface area contributed by atoms with Crippen molar-refractivity contribution in [3.05, 3.63) is 103 Å². The Kier molecular flexibility index (Phi) is 14.7. The van der Waals surface area contributed by atoms with Crippen LogP contribution in [-0.4, -0.2) is 11.5 Å². The number of rotatable bonds is 15. The van der Waals surface area contributed by atoms with Gasteiger partial charge in [-0.2, -0.15) is 0 Å². The van der Waals surface area contributed by atoms with E-state index in [-0.39, 0.29) is 17.0 Å². The fourth-order valence-corrected chi connectivity index (χ4v) is 9.01. The molecule has 3 aromatic rings. The molecule has 34 heavy (non-hydrogen) atoms. The predicted octanol–water partition coefficient (Wildman–Crippen LogP) is 5.45. The summed E-state index contributed by atoms with van der Waals surface area (Å²) in [5, 5.41) is 5.55. The number of hydrogen-bond acceptors (Lipinski definition) is 0. The van der Waals surface area contributed by atoms with Crippen LogP contribution in [0.1, 0.15) is 57.8 Å². The van der Waals surface area contributed by atoms with Crippen molar-refractivity contribution in [1.29, 1.82) is 0 Å². The maximum Gasteiger partial charge on any atom is 0.115 e. The number of benzene rings is 3. The molecule has 0 atom stereocenters. The fraction of sp³-hybridized carbons (Fsp3) is 0.355. The van der Waals surface area contributed by atoms with Crippen LogP contribution in [0.2, 0.25) is 0 Å². The molecule has 3 rings (SSSR count). The summed E-state index contributed by atoms with van der Waals surface area (Å²) in [6.45, 7) is 0. The van der Waals surface area contributed by atoms with Crippen molar-refractivity contribution < 1.29 is 17.0 Å². The lowest BCUT2D eigenvalue weighted by Crippen LogP contribution is -3.00. The smallest absolute Gasteiger partial charge is 0.115 e. The van der Waals surface area contributed by atoms with Crippen LogP contribution in [0, 0.1) is 0 Å². The van der Waals surface area contributed by atoms with E-state index in [1.54, 1.807) is 0 Å². The quantitative estimate of drug-likeness (QED) is 0.0941. The first-order valence-corrected chi connectivity index (χ1v) is 15.7. The van der Waals surface area contributed by atoms with Gasteiger partial charge in [0.15, 0.2) is 0 Å². The summed E-state index contributed by atoms with van der Waals surface area (Å²) in [6.07, 6.45) is 18.2. The minimum atomic E-state index is -1.72. The minimum Gasteiger partial charge on any atom is -1.00 e. The monoisotopic (exact) mass is 600 g/mol. The second-order valence-electron chi connectivity index (χ2n) is 8.78. The van der Waals surface area contributed by atoms with E-state index in [0.29, 0.717) is 0 Å². The molecule has 0 amide bonds. The minimum absolute atomic E-state index is 0. The van der Waals surface area contributed by atoms with Gasteiger partial charge in [-0.15, -0.1) is 0 Å². The number of allylic oxidation sites excluding steroid dienone is 2. The van der Waals surface area contributed by atoms with Crippen LogP contribution in [0.5, 0.6) is 0 Å². The van der Waals surface area contributed by atoms with Gasteiger partial charge in [0.05, 0.1) is 6.16 Å². The molecule has 0 saturated heterocycles. The standard InChI is InChI=1S/C31H39BrP.BrH/c32-27-19-8-6-4-2-1-3-5-7-9-20-28-33(29-21-13-10-14-22-29,30-23-15-11-16-24-30)31-25-17-12-18-26-31;/h9-18,20-26H,1-8,19,27-28H2;1H/q+1;/p-1. The molecule has 0 aliphatic rings. The van der Waals surface area contributed by atoms with E-state index in [1.807, 2.05) is 0 Å². The van der Waals surface area contributed by atoms with Crippen molar-refractivity contribution in [2.75, 3.05) is 11.5 Å². The van der Waals surface area contributed by atoms with Gasteiger partial charge in [-0.25, -0.2) is 0 Å². The largest absolute Gasteiger partial charge is 1.00 e. The van der Waals surface area contributed by atoms with Crippen molar-refractivity contribution in [2.24, 2.45) is 0 Å². The van der Waals surface area contributed by atoms with Crippen LogP contribution < -0.4 is 32.9 Å². The van der Waals surface area contributed by atoms with Gasteiger partial charge >= 0.3 is 0 Å². The molecule has 0 N–H and O–H groups in total. The molecule has 0 bridgehead atoms. The molecule has 0 aromatic heterocycles. The summed E-state index contributed by atoms with van der Waals surface area (Å²) in [5.74, 6) is 0. The summed E-state index contributed by atoms with van der Waals surface area (Å²) < 4.78 is 0. The highest BCUT2D eigenvalue weighted by Gasteiger charge is 2.43. The maximum atomic E-state index is 3.52. The Morgan fingerprint density at radius 3 is 1.29 bits per heavy atom. The van der Waals surface area contributed by atoms with E-state index in [4.69, 9.17) is 0 Å². The second-order valence-corrected chi connectivity index (χ2v) is 13.1. The first-order valence-electron chi connectivity index (χ1n) is 12.6. The Balaban J connectivity index is 0.00000408. The van der Waals surface area contributed by atoms with Crippen LogP contribution in [0.15, 0.2) is 103 Å². The van der Waals surface area contributed by atoms with Gasteiger partial charge in [-0.05, 0) is 55.7 Å². The van der Waals surface area contributed by atoms with Gasteiger partial charge in [0.1, 0.15) is 23.2 Å². The molecule has 3 aromatic carbocycles. The zero-order valence-corrected chi connectivity index (χ0v) is 24.4. The third kappa shape index (κ3) is 8.78. The zero-order chi connectivity index (χ0) is 23.0. The topological polar surface area (TPSA) is 0 Å². The van der Waals surface area contributed by atoms with Crippen molar-refractivity contribution >= 4 is 39.1 Å². The Morgan fingerprint density at radius 1 is 0.500 bits per heavy atom. The first-order chi connectivity index (χ1) is 16.4. The van der Waals surface area contributed by atoms with Gasteiger partial charge in [0.25, 0.3) is 0 Å². The lowest BCUT2D eigenvalue weighted by atomic mass is 10.1. The molecule has 0 unspecified atom stereocenters. The fourth-order valence-electron chi connectivity index (χ4n) is 4.58. The molecular weight excluding hydrogens is 563 g/mol. The van der Waals surface area contributed by atoms with Gasteiger partial charge < -0.3 is 17.0 Å². The number of alkyl halides is 1. The van der Waals surface area contributed by atoms with Crippen molar-refractivity contribution in [3.8, 4) is 0 Å². The SMILES string of the molecule is BrCCCCCCCCCCC=CC[P+](c1ccccc1)(c1ccccc1)c1ccccc1.[Br-]. The van der Waals surface area contributed by atoms with E-state index in [0.717, 1.165) is 11.5 Å². The molecule has 182 valence electrons. The average molecular weight is 602 g/mol. The summed E-state index contributed by atoms with van der Waals surface area (Å²) in [5.41, 5.74) is 0. The van der Waals surface area contributed by atoms with Crippen LogP contribution in [0.4, 0.5) is 0 Å². The van der Waals surface area contributed by atoms with Gasteiger partial charge in [0, 0.05) is 5.33 Å². The molecular formula is C31H39Br2P. The summed E-state index contributed by atoms with van der Waals surface area (Å²) >= 11 is 3.52. The van der Waals surface area contributed by atoms with Gasteiger partial charge in [-0.1, -0.05) is 121 Å². The van der Waals surface area contributed by atoms with Crippen LogP contribution in [0.25, 0.3) is 0 Å². The maximum absolute atomic E-state index is 3.52. The summed E-state index contributed by atoms with van der Waals surface area (Å²) in [6, 6.07) is 33.6. The van der Waals surface area contributed by atoms with Gasteiger partial charge in [0.2, 0.25) is 0 Å². The third-order valence-electron chi connectivity index (χ3n) is 6.39. The Labute approximate surface area is 227 Å². The third-order valence-corrected chi connectivity index (χ3v) is 11.2. The zero-order valence-electron chi connectivity index (χ0n) is 20.3. The van der Waals surface area contributed by atoms with Crippen molar-refractivity contribution in [3.63, 3.8) is 0 Å². The number of unbranched alkanes of at least 4 members (excludes halogenated alkanes) is 8. The molecule has 0 nitrogen and oxygen atoms in total. The van der Waals surface area contributed by atoms with E-state index in [1.165, 1.54) is 73.7 Å². The highest BCUT2D eigenvalue weighted by atomic mass is 79.9. The molecule has 0 heterocycles. The van der Waals surface area contributed by atoms with Crippen LogP contribution in [-0.2, 0) is 0 Å². The molecule has 0 saturated carbocycles. The summed E-state index contributed by atoms with van der Waals surface area (Å²) in [4.78, 5) is 0. The second kappa shape index (κ2) is 17.3. The highest BCUT2D eigenvalue weighted by Crippen LogP contribution is 2.55. The molecule has 0 spiro atoms. The lowest BCUT2D eigenvalue weighted by Gasteiger charge is -2.26. The highest BCUT2D eigenvalue weighted by molar-refractivity contribution is 9.09. The molecule has 3 heteroatoms. The van der Waals surface area contributed by atoms with E-state index in [2.05, 4.69) is 119 Å². The van der Waals surface area contributed by atoms with Crippen LogP contribution in [0.3, 0.4) is 0 Å².